The lowest BCUT2D eigenvalue weighted by Gasteiger charge is -2.41. The van der Waals surface area contributed by atoms with Crippen LogP contribution in [0.2, 0.25) is 0 Å². The lowest BCUT2D eigenvalue weighted by Crippen LogP contribution is -2.60. The van der Waals surface area contributed by atoms with Crippen LogP contribution in [0.15, 0.2) is 35.7 Å². The van der Waals surface area contributed by atoms with Gasteiger partial charge in [-0.15, -0.1) is 11.3 Å². The summed E-state index contributed by atoms with van der Waals surface area (Å²) >= 11 is 1.26. The van der Waals surface area contributed by atoms with Gasteiger partial charge in [0.1, 0.15) is 6.04 Å². The maximum atomic E-state index is 13.3. The summed E-state index contributed by atoms with van der Waals surface area (Å²) in [6.07, 6.45) is -4.67. The van der Waals surface area contributed by atoms with E-state index in [4.69, 9.17) is 5.26 Å². The van der Waals surface area contributed by atoms with Crippen LogP contribution >= 0.6 is 11.3 Å². The van der Waals surface area contributed by atoms with Gasteiger partial charge in [-0.2, -0.15) is 18.4 Å². The second-order valence-corrected chi connectivity index (χ2v) is 7.34. The van der Waals surface area contributed by atoms with Gasteiger partial charge in [0.25, 0.3) is 5.91 Å². The van der Waals surface area contributed by atoms with Crippen LogP contribution in [0.1, 0.15) is 20.8 Å². The first-order valence-corrected chi connectivity index (χ1v) is 9.56. The standard InChI is InChI=1S/C19H17F3N4O2S/c1-24-17(27)15-11-25(6-7-26(15)18(28)16-3-2-8-29-16)13-5-4-12(10-23)14(9-13)19(20,21)22/h2-5,8-9,15H,6-7,11H2,1H3,(H,24,27). The predicted molar refractivity (Wildman–Crippen MR) is 102 cm³/mol. The average molecular weight is 422 g/mol. The van der Waals surface area contributed by atoms with Crippen LogP contribution in [-0.4, -0.2) is 49.4 Å². The molecule has 1 unspecified atom stereocenters. The van der Waals surface area contributed by atoms with Crippen molar-refractivity contribution < 1.29 is 22.8 Å². The number of halogens is 3. The quantitative estimate of drug-likeness (QED) is 0.825. The van der Waals surface area contributed by atoms with Crippen LogP contribution in [0.5, 0.6) is 0 Å². The first-order chi connectivity index (χ1) is 13.8. The van der Waals surface area contributed by atoms with Crippen LogP contribution < -0.4 is 10.2 Å². The van der Waals surface area contributed by atoms with E-state index in [1.807, 2.05) is 0 Å². The Morgan fingerprint density at radius 1 is 1.28 bits per heavy atom. The maximum absolute atomic E-state index is 13.3. The molecule has 29 heavy (non-hydrogen) atoms. The second-order valence-electron chi connectivity index (χ2n) is 6.39. The lowest BCUT2D eigenvalue weighted by molar-refractivity contribution is -0.137. The minimum Gasteiger partial charge on any atom is -0.367 e. The molecule has 3 rings (SSSR count). The molecule has 2 aromatic rings. The average Bonchev–Trinajstić information content (AvgIpc) is 3.26. The van der Waals surface area contributed by atoms with Gasteiger partial charge in [0.05, 0.1) is 22.1 Å². The molecule has 1 aromatic carbocycles. The molecule has 2 amide bonds. The molecule has 1 aromatic heterocycles. The van der Waals surface area contributed by atoms with E-state index >= 15 is 0 Å². The molecule has 1 aliphatic heterocycles. The number of rotatable bonds is 3. The van der Waals surface area contributed by atoms with Gasteiger partial charge in [0.2, 0.25) is 5.91 Å². The second kappa shape index (κ2) is 8.13. The summed E-state index contributed by atoms with van der Waals surface area (Å²) in [6.45, 7) is 0.476. The first kappa shape index (κ1) is 20.7. The third kappa shape index (κ3) is 4.19. The minimum absolute atomic E-state index is 0.0417. The molecule has 1 fully saturated rings. The largest absolute Gasteiger partial charge is 0.417 e. The van der Waals surface area contributed by atoms with E-state index in [2.05, 4.69) is 5.32 Å². The monoisotopic (exact) mass is 422 g/mol. The number of carbonyl (C=O) groups is 2. The molecule has 0 bridgehead atoms. The number of alkyl halides is 3. The summed E-state index contributed by atoms with van der Waals surface area (Å²) in [5.41, 5.74) is -1.24. The zero-order valence-electron chi connectivity index (χ0n) is 15.4. The Hall–Kier alpha value is -3.06. The Morgan fingerprint density at radius 3 is 2.62 bits per heavy atom. The summed E-state index contributed by atoms with van der Waals surface area (Å²) in [4.78, 5) is 28.7. The fraction of sp³-hybridized carbons (Fsp3) is 0.316. The normalized spacial score (nSPS) is 17.0. The van der Waals surface area contributed by atoms with Crippen molar-refractivity contribution in [1.29, 1.82) is 5.26 Å². The molecule has 6 nitrogen and oxygen atoms in total. The molecular weight excluding hydrogens is 405 g/mol. The van der Waals surface area contributed by atoms with E-state index in [1.54, 1.807) is 28.5 Å². The lowest BCUT2D eigenvalue weighted by atomic mass is 10.0. The Kier molecular flexibility index (Phi) is 5.79. The number of thiophene rings is 1. The van der Waals surface area contributed by atoms with Crippen molar-refractivity contribution in [1.82, 2.24) is 10.2 Å². The molecule has 1 saturated heterocycles. The van der Waals surface area contributed by atoms with Crippen LogP contribution in [0, 0.1) is 11.3 Å². The smallest absolute Gasteiger partial charge is 0.367 e. The number of anilines is 1. The molecule has 0 saturated carbocycles. The van der Waals surface area contributed by atoms with Crippen molar-refractivity contribution in [3.63, 3.8) is 0 Å². The fourth-order valence-electron chi connectivity index (χ4n) is 3.25. The predicted octanol–water partition coefficient (Wildman–Crippen LogP) is 2.72. The van der Waals surface area contributed by atoms with E-state index < -0.39 is 29.3 Å². The fourth-order valence-corrected chi connectivity index (χ4v) is 3.93. The number of carbonyl (C=O) groups excluding carboxylic acids is 2. The van der Waals surface area contributed by atoms with Gasteiger partial charge in [-0.05, 0) is 29.6 Å². The molecule has 0 radical (unpaired) electrons. The maximum Gasteiger partial charge on any atom is 0.417 e. The molecule has 10 heteroatoms. The number of piperazine rings is 1. The van der Waals surface area contributed by atoms with Gasteiger partial charge in [0.15, 0.2) is 0 Å². The number of hydrogen-bond acceptors (Lipinski definition) is 5. The Morgan fingerprint density at radius 2 is 2.03 bits per heavy atom. The summed E-state index contributed by atoms with van der Waals surface area (Å²) in [7, 11) is 1.44. The van der Waals surface area contributed by atoms with Crippen molar-refractivity contribution in [2.45, 2.75) is 12.2 Å². The van der Waals surface area contributed by atoms with E-state index in [9.17, 15) is 22.8 Å². The van der Waals surface area contributed by atoms with Crippen molar-refractivity contribution in [3.05, 3.63) is 51.7 Å². The van der Waals surface area contributed by atoms with Gasteiger partial charge < -0.3 is 15.1 Å². The molecule has 152 valence electrons. The van der Waals surface area contributed by atoms with Crippen molar-refractivity contribution >= 4 is 28.8 Å². The van der Waals surface area contributed by atoms with Gasteiger partial charge in [-0.25, -0.2) is 0 Å². The number of hydrogen-bond donors (Lipinski definition) is 1. The Labute approximate surface area is 169 Å². The van der Waals surface area contributed by atoms with Crippen LogP contribution in [-0.2, 0) is 11.0 Å². The van der Waals surface area contributed by atoms with E-state index in [-0.39, 0.29) is 31.2 Å². The molecular formula is C19H17F3N4O2S. The third-order valence-electron chi connectivity index (χ3n) is 4.72. The highest BCUT2D eigenvalue weighted by Crippen LogP contribution is 2.35. The highest BCUT2D eigenvalue weighted by Gasteiger charge is 2.38. The van der Waals surface area contributed by atoms with Crippen molar-refractivity contribution in [2.75, 3.05) is 31.6 Å². The SMILES string of the molecule is CNC(=O)C1CN(c2ccc(C#N)c(C(F)(F)F)c2)CCN1C(=O)c1cccs1. The number of likely N-dealkylation sites (N-methyl/N-ethyl adjacent to an activating group) is 1. The Bertz CT molecular complexity index is 953. The van der Waals surface area contributed by atoms with Gasteiger partial charge in [-0.1, -0.05) is 6.07 Å². The minimum atomic E-state index is -4.67. The number of nitriles is 1. The number of nitrogens with zero attached hydrogens (tertiary/aromatic N) is 3. The van der Waals surface area contributed by atoms with E-state index in [1.165, 1.54) is 29.4 Å². The molecule has 1 aliphatic rings. The zero-order chi connectivity index (χ0) is 21.2. The van der Waals surface area contributed by atoms with Gasteiger partial charge in [0, 0.05) is 32.4 Å². The highest BCUT2D eigenvalue weighted by atomic mass is 32.1. The van der Waals surface area contributed by atoms with E-state index in [0.717, 1.165) is 12.1 Å². The summed E-state index contributed by atoms with van der Waals surface area (Å²) < 4.78 is 39.8. The van der Waals surface area contributed by atoms with Crippen LogP contribution in [0.3, 0.4) is 0 Å². The van der Waals surface area contributed by atoms with Crippen molar-refractivity contribution in [3.8, 4) is 6.07 Å². The van der Waals surface area contributed by atoms with Crippen LogP contribution in [0.4, 0.5) is 18.9 Å². The zero-order valence-corrected chi connectivity index (χ0v) is 16.2. The number of nitrogens with one attached hydrogen (secondary N) is 1. The molecule has 0 spiro atoms. The summed E-state index contributed by atoms with van der Waals surface area (Å²) in [5, 5.41) is 13.2. The first-order valence-electron chi connectivity index (χ1n) is 8.68. The highest BCUT2D eigenvalue weighted by molar-refractivity contribution is 7.12. The van der Waals surface area contributed by atoms with Gasteiger partial charge in [-0.3, -0.25) is 9.59 Å². The molecule has 1 atom stereocenters. The van der Waals surface area contributed by atoms with E-state index in [0.29, 0.717) is 4.88 Å². The summed E-state index contributed by atoms with van der Waals surface area (Å²) in [5.74, 6) is -0.687. The third-order valence-corrected chi connectivity index (χ3v) is 5.57. The van der Waals surface area contributed by atoms with Gasteiger partial charge >= 0.3 is 6.18 Å². The summed E-state index contributed by atoms with van der Waals surface area (Å²) in [6, 6.07) is 7.55. The number of benzene rings is 1. The molecule has 1 N–H and O–H groups in total. The Balaban J connectivity index is 1.90. The topological polar surface area (TPSA) is 76.4 Å². The molecule has 2 heterocycles. The van der Waals surface area contributed by atoms with Crippen LogP contribution in [0.25, 0.3) is 0 Å². The number of amides is 2. The molecule has 0 aliphatic carbocycles. The van der Waals surface area contributed by atoms with Crippen molar-refractivity contribution in [2.24, 2.45) is 0 Å².